The van der Waals surface area contributed by atoms with Gasteiger partial charge in [0.15, 0.2) is 11.6 Å². The van der Waals surface area contributed by atoms with Gasteiger partial charge >= 0.3 is 0 Å². The number of aromatic nitrogens is 5. The van der Waals surface area contributed by atoms with Crippen LogP contribution < -0.4 is 0 Å². The molecule has 6 heteroatoms. The Morgan fingerprint density at radius 3 is 2.70 bits per heavy atom. The van der Waals surface area contributed by atoms with E-state index in [1.807, 2.05) is 36.0 Å². The minimum atomic E-state index is 0.207. The lowest BCUT2D eigenvalue weighted by Gasteiger charge is -2.14. The first kappa shape index (κ1) is 17.8. The van der Waals surface area contributed by atoms with E-state index < -0.39 is 0 Å². The Morgan fingerprint density at radius 2 is 2.00 bits per heavy atom. The summed E-state index contributed by atoms with van der Waals surface area (Å²) in [6.45, 7) is 7.72. The SMILES string of the molecule is Cc1ncc(-c2nc(CC(C)C)nn2C2CCOC2)c(-c2ccccc2)n1. The normalized spacial score (nSPS) is 17.0. The molecule has 1 saturated heterocycles. The largest absolute Gasteiger partial charge is 0.379 e. The minimum absolute atomic E-state index is 0.207. The molecule has 1 aromatic carbocycles. The number of rotatable bonds is 5. The zero-order chi connectivity index (χ0) is 18.8. The lowest BCUT2D eigenvalue weighted by Crippen LogP contribution is -2.13. The van der Waals surface area contributed by atoms with E-state index in [4.69, 9.17) is 19.8 Å². The van der Waals surface area contributed by atoms with Crippen LogP contribution in [0, 0.1) is 12.8 Å². The number of aryl methyl sites for hydroxylation is 1. The number of nitrogens with zero attached hydrogens (tertiary/aromatic N) is 5. The van der Waals surface area contributed by atoms with Crippen LogP contribution in [0.5, 0.6) is 0 Å². The van der Waals surface area contributed by atoms with Gasteiger partial charge < -0.3 is 4.74 Å². The van der Waals surface area contributed by atoms with E-state index in [0.29, 0.717) is 12.5 Å². The maximum Gasteiger partial charge on any atom is 0.162 e. The quantitative estimate of drug-likeness (QED) is 0.688. The summed E-state index contributed by atoms with van der Waals surface area (Å²) >= 11 is 0. The Kier molecular flexibility index (Phi) is 4.99. The Hall–Kier alpha value is -2.60. The van der Waals surface area contributed by atoms with E-state index in [1.54, 1.807) is 0 Å². The maximum atomic E-state index is 5.61. The molecule has 2 aromatic heterocycles. The molecule has 0 amide bonds. The van der Waals surface area contributed by atoms with Crippen molar-refractivity contribution in [3.63, 3.8) is 0 Å². The smallest absolute Gasteiger partial charge is 0.162 e. The molecule has 1 aliphatic rings. The van der Waals surface area contributed by atoms with Gasteiger partial charge in [-0.05, 0) is 19.3 Å². The van der Waals surface area contributed by atoms with Crippen LogP contribution in [-0.4, -0.2) is 37.9 Å². The summed E-state index contributed by atoms with van der Waals surface area (Å²) in [5.74, 6) is 2.94. The minimum Gasteiger partial charge on any atom is -0.379 e. The van der Waals surface area contributed by atoms with Crippen LogP contribution in [0.1, 0.15) is 38.0 Å². The second-order valence-corrected chi connectivity index (χ2v) is 7.46. The lowest BCUT2D eigenvalue weighted by molar-refractivity contribution is 0.184. The molecule has 27 heavy (non-hydrogen) atoms. The monoisotopic (exact) mass is 363 g/mol. The summed E-state index contributed by atoms with van der Waals surface area (Å²) in [4.78, 5) is 14.1. The first-order chi connectivity index (χ1) is 13.1. The van der Waals surface area contributed by atoms with E-state index >= 15 is 0 Å². The molecule has 1 atom stereocenters. The molecule has 1 aliphatic heterocycles. The molecule has 3 aromatic rings. The molecule has 1 fully saturated rings. The van der Waals surface area contributed by atoms with Crippen LogP contribution in [0.4, 0.5) is 0 Å². The Labute approximate surface area is 159 Å². The van der Waals surface area contributed by atoms with Crippen molar-refractivity contribution in [1.29, 1.82) is 0 Å². The van der Waals surface area contributed by atoms with Crippen molar-refractivity contribution >= 4 is 0 Å². The highest BCUT2D eigenvalue weighted by Crippen LogP contribution is 2.32. The molecule has 4 rings (SSSR count). The average molecular weight is 363 g/mol. The molecular weight excluding hydrogens is 338 g/mol. The van der Waals surface area contributed by atoms with Crippen molar-refractivity contribution in [2.45, 2.75) is 39.7 Å². The molecule has 0 aliphatic carbocycles. The highest BCUT2D eigenvalue weighted by Gasteiger charge is 2.26. The van der Waals surface area contributed by atoms with Crippen LogP contribution in [0.2, 0.25) is 0 Å². The van der Waals surface area contributed by atoms with Crippen molar-refractivity contribution in [2.75, 3.05) is 13.2 Å². The first-order valence-electron chi connectivity index (χ1n) is 9.54. The molecule has 0 N–H and O–H groups in total. The first-order valence-corrected chi connectivity index (χ1v) is 9.54. The molecular formula is C21H25N5O. The number of hydrogen-bond donors (Lipinski definition) is 0. The van der Waals surface area contributed by atoms with Gasteiger partial charge in [-0.3, -0.25) is 0 Å². The van der Waals surface area contributed by atoms with Crippen molar-refractivity contribution in [1.82, 2.24) is 24.7 Å². The predicted molar refractivity (Wildman–Crippen MR) is 104 cm³/mol. The predicted octanol–water partition coefficient (Wildman–Crippen LogP) is 3.87. The molecule has 1 unspecified atom stereocenters. The number of benzene rings is 1. The van der Waals surface area contributed by atoms with E-state index in [2.05, 4.69) is 31.0 Å². The van der Waals surface area contributed by atoms with Crippen molar-refractivity contribution in [3.05, 3.63) is 48.2 Å². The van der Waals surface area contributed by atoms with Crippen LogP contribution in [0.25, 0.3) is 22.6 Å². The van der Waals surface area contributed by atoms with Gasteiger partial charge in [-0.1, -0.05) is 44.2 Å². The van der Waals surface area contributed by atoms with Gasteiger partial charge in [0.05, 0.1) is 23.9 Å². The lowest BCUT2D eigenvalue weighted by atomic mass is 10.1. The topological polar surface area (TPSA) is 65.7 Å². The highest BCUT2D eigenvalue weighted by atomic mass is 16.5. The Bertz CT molecular complexity index is 914. The van der Waals surface area contributed by atoms with Crippen molar-refractivity contribution in [2.24, 2.45) is 5.92 Å². The van der Waals surface area contributed by atoms with E-state index in [1.165, 1.54) is 0 Å². The van der Waals surface area contributed by atoms with Gasteiger partial charge in [-0.2, -0.15) is 5.10 Å². The molecule has 3 heterocycles. The van der Waals surface area contributed by atoms with Crippen molar-refractivity contribution < 1.29 is 4.74 Å². The summed E-state index contributed by atoms with van der Waals surface area (Å²) in [6, 6.07) is 10.4. The van der Waals surface area contributed by atoms with Crippen LogP contribution in [0.3, 0.4) is 0 Å². The molecule has 0 bridgehead atoms. The fraction of sp³-hybridized carbons (Fsp3) is 0.429. The van der Waals surface area contributed by atoms with Crippen molar-refractivity contribution in [3.8, 4) is 22.6 Å². The van der Waals surface area contributed by atoms with E-state index in [0.717, 1.165) is 53.7 Å². The second kappa shape index (κ2) is 7.56. The molecule has 0 spiro atoms. The summed E-state index contributed by atoms with van der Waals surface area (Å²) in [5.41, 5.74) is 2.87. The molecule has 140 valence electrons. The summed E-state index contributed by atoms with van der Waals surface area (Å²) < 4.78 is 7.64. The van der Waals surface area contributed by atoms with Gasteiger partial charge in [0.25, 0.3) is 0 Å². The Morgan fingerprint density at radius 1 is 1.19 bits per heavy atom. The fourth-order valence-electron chi connectivity index (χ4n) is 3.42. The zero-order valence-corrected chi connectivity index (χ0v) is 16.1. The maximum absolute atomic E-state index is 5.61. The van der Waals surface area contributed by atoms with Gasteiger partial charge in [0.2, 0.25) is 0 Å². The second-order valence-electron chi connectivity index (χ2n) is 7.46. The standard InChI is InChI=1S/C21H25N5O/c1-14(2)11-19-24-21(26(25-19)17-9-10-27-13-17)18-12-22-15(3)23-20(18)16-7-5-4-6-8-16/h4-8,12,14,17H,9-11,13H2,1-3H3. The Balaban J connectivity index is 1.86. The van der Waals surface area contributed by atoms with Gasteiger partial charge in [-0.15, -0.1) is 0 Å². The van der Waals surface area contributed by atoms with Gasteiger partial charge in [0, 0.05) is 24.8 Å². The fourth-order valence-corrected chi connectivity index (χ4v) is 3.42. The summed E-state index contributed by atoms with van der Waals surface area (Å²) in [5, 5.41) is 4.84. The zero-order valence-electron chi connectivity index (χ0n) is 16.1. The van der Waals surface area contributed by atoms with Crippen LogP contribution in [-0.2, 0) is 11.2 Å². The third kappa shape index (κ3) is 3.76. The third-order valence-corrected chi connectivity index (χ3v) is 4.71. The molecule has 0 saturated carbocycles. The van der Waals surface area contributed by atoms with Crippen LogP contribution in [0.15, 0.2) is 36.5 Å². The molecule has 6 nitrogen and oxygen atoms in total. The third-order valence-electron chi connectivity index (χ3n) is 4.71. The number of hydrogen-bond acceptors (Lipinski definition) is 5. The van der Waals surface area contributed by atoms with Gasteiger partial charge in [-0.25, -0.2) is 19.6 Å². The van der Waals surface area contributed by atoms with Gasteiger partial charge in [0.1, 0.15) is 5.82 Å². The van der Waals surface area contributed by atoms with Crippen LogP contribution >= 0.6 is 0 Å². The average Bonchev–Trinajstić information content (AvgIpc) is 3.31. The van der Waals surface area contributed by atoms with E-state index in [9.17, 15) is 0 Å². The highest BCUT2D eigenvalue weighted by molar-refractivity contribution is 5.77. The summed E-state index contributed by atoms with van der Waals surface area (Å²) in [7, 11) is 0. The molecule has 0 radical (unpaired) electrons. The van der Waals surface area contributed by atoms with E-state index in [-0.39, 0.29) is 6.04 Å². The number of ether oxygens (including phenoxy) is 1. The summed E-state index contributed by atoms with van der Waals surface area (Å²) in [6.07, 6.45) is 3.67.